The molecule has 0 radical (unpaired) electrons. The lowest BCUT2D eigenvalue weighted by atomic mass is 10.1. The Labute approximate surface area is 90.3 Å². The molecule has 1 nitrogen and oxygen atoms in total. The summed E-state index contributed by atoms with van der Waals surface area (Å²) in [7, 11) is 0. The number of hydrogen-bond donors (Lipinski definition) is 0. The number of para-hydroxylation sites is 1. The van der Waals surface area contributed by atoms with Crippen molar-refractivity contribution < 1.29 is 4.74 Å². The van der Waals surface area contributed by atoms with Crippen LogP contribution >= 0.6 is 0 Å². The number of benzene rings is 2. The largest absolute Gasteiger partial charge is 0.486 e. The summed E-state index contributed by atoms with van der Waals surface area (Å²) in [4.78, 5) is 0. The van der Waals surface area contributed by atoms with Gasteiger partial charge in [0.25, 0.3) is 0 Å². The smallest absolute Gasteiger partial charge is 0.121 e. The summed E-state index contributed by atoms with van der Waals surface area (Å²) < 4.78 is 5.80. The Hall–Kier alpha value is -1.76. The second-order valence-corrected chi connectivity index (χ2v) is 3.48. The first kappa shape index (κ1) is 9.78. The maximum atomic E-state index is 5.80. The Kier molecular flexibility index (Phi) is 3.03. The quantitative estimate of drug-likeness (QED) is 0.728. The maximum Gasteiger partial charge on any atom is 0.121 e. The molecule has 0 N–H and O–H groups in total. The predicted molar refractivity (Wildman–Crippen MR) is 61.9 cm³/mol. The summed E-state index contributed by atoms with van der Waals surface area (Å²) in [6.45, 7) is 2.06. The predicted octanol–water partition coefficient (Wildman–Crippen LogP) is 3.83. The average Bonchev–Trinajstić information content (AvgIpc) is 2.31. The van der Waals surface area contributed by atoms with Crippen LogP contribution in [0.3, 0.4) is 0 Å². The minimum absolute atomic E-state index is 0.0913. The summed E-state index contributed by atoms with van der Waals surface area (Å²) in [5.41, 5.74) is 1.20. The number of ether oxygens (including phenoxy) is 1. The first-order valence-electron chi connectivity index (χ1n) is 5.13. The van der Waals surface area contributed by atoms with Gasteiger partial charge >= 0.3 is 0 Å². The normalized spacial score (nSPS) is 12.1. The van der Waals surface area contributed by atoms with Crippen LogP contribution in [0, 0.1) is 0 Å². The Morgan fingerprint density at radius 3 is 1.93 bits per heavy atom. The second-order valence-electron chi connectivity index (χ2n) is 3.48. The topological polar surface area (TPSA) is 9.23 Å². The fraction of sp³-hybridized carbons (Fsp3) is 0.143. The molecule has 0 bridgehead atoms. The van der Waals surface area contributed by atoms with E-state index in [2.05, 4.69) is 19.1 Å². The van der Waals surface area contributed by atoms with E-state index in [0.717, 1.165) is 5.75 Å². The van der Waals surface area contributed by atoms with Crippen molar-refractivity contribution >= 4 is 0 Å². The molecular formula is C14H14O. The van der Waals surface area contributed by atoms with Gasteiger partial charge in [-0.2, -0.15) is 0 Å². The number of rotatable bonds is 3. The van der Waals surface area contributed by atoms with Gasteiger partial charge in [0.05, 0.1) is 0 Å². The highest BCUT2D eigenvalue weighted by Gasteiger charge is 2.05. The van der Waals surface area contributed by atoms with Gasteiger partial charge in [-0.25, -0.2) is 0 Å². The van der Waals surface area contributed by atoms with Gasteiger partial charge in [-0.15, -0.1) is 0 Å². The Bertz CT molecular complexity index is 394. The van der Waals surface area contributed by atoms with E-state index < -0.39 is 0 Å². The van der Waals surface area contributed by atoms with Crippen molar-refractivity contribution in [1.29, 1.82) is 0 Å². The van der Waals surface area contributed by atoms with Crippen molar-refractivity contribution in [2.75, 3.05) is 0 Å². The standard InChI is InChI=1S/C14H14O/c1-12(13-8-4-2-5-9-13)15-14-10-6-3-7-11-14/h2-12H,1H3/t12-/m1/s1. The van der Waals surface area contributed by atoms with Crippen molar-refractivity contribution in [3.63, 3.8) is 0 Å². The lowest BCUT2D eigenvalue weighted by Crippen LogP contribution is -2.02. The van der Waals surface area contributed by atoms with Crippen molar-refractivity contribution in [2.24, 2.45) is 0 Å². The van der Waals surface area contributed by atoms with Crippen LogP contribution in [0.2, 0.25) is 0 Å². The maximum absolute atomic E-state index is 5.80. The van der Waals surface area contributed by atoms with E-state index in [1.807, 2.05) is 48.5 Å². The van der Waals surface area contributed by atoms with Gasteiger partial charge in [0, 0.05) is 0 Å². The molecule has 76 valence electrons. The molecule has 2 aromatic rings. The SMILES string of the molecule is C[C@@H](Oc1ccccc1)c1ccccc1. The van der Waals surface area contributed by atoms with E-state index >= 15 is 0 Å². The molecule has 0 heterocycles. The first-order chi connectivity index (χ1) is 7.36. The number of hydrogen-bond acceptors (Lipinski definition) is 1. The third-order valence-corrected chi connectivity index (χ3v) is 2.33. The summed E-state index contributed by atoms with van der Waals surface area (Å²) in [5, 5.41) is 0. The van der Waals surface area contributed by atoms with Gasteiger partial charge < -0.3 is 4.74 Å². The molecule has 1 heteroatoms. The van der Waals surface area contributed by atoms with Crippen LogP contribution in [-0.2, 0) is 0 Å². The molecule has 0 aliphatic rings. The molecule has 15 heavy (non-hydrogen) atoms. The van der Waals surface area contributed by atoms with Gasteiger partial charge in [0.2, 0.25) is 0 Å². The molecule has 0 saturated heterocycles. The summed E-state index contributed by atoms with van der Waals surface area (Å²) in [6, 6.07) is 20.1. The minimum atomic E-state index is 0.0913. The van der Waals surface area contributed by atoms with Crippen LogP contribution < -0.4 is 4.74 Å². The Balaban J connectivity index is 2.08. The molecule has 0 aliphatic heterocycles. The van der Waals surface area contributed by atoms with Gasteiger partial charge in [-0.05, 0) is 24.6 Å². The molecule has 2 rings (SSSR count). The molecule has 0 saturated carbocycles. The molecule has 0 amide bonds. The van der Waals surface area contributed by atoms with Crippen LogP contribution in [0.5, 0.6) is 5.75 Å². The Morgan fingerprint density at radius 1 is 0.800 bits per heavy atom. The van der Waals surface area contributed by atoms with E-state index in [-0.39, 0.29) is 6.10 Å². The van der Waals surface area contributed by atoms with E-state index in [4.69, 9.17) is 4.74 Å². The van der Waals surface area contributed by atoms with Crippen molar-refractivity contribution in [1.82, 2.24) is 0 Å². The highest BCUT2D eigenvalue weighted by atomic mass is 16.5. The third kappa shape index (κ3) is 2.59. The first-order valence-corrected chi connectivity index (χ1v) is 5.13. The van der Waals surface area contributed by atoms with Gasteiger partial charge in [-0.3, -0.25) is 0 Å². The van der Waals surface area contributed by atoms with Crippen molar-refractivity contribution in [2.45, 2.75) is 13.0 Å². The third-order valence-electron chi connectivity index (χ3n) is 2.33. The molecule has 0 unspecified atom stereocenters. The molecule has 0 fully saturated rings. The highest BCUT2D eigenvalue weighted by Crippen LogP contribution is 2.20. The van der Waals surface area contributed by atoms with Crippen LogP contribution in [0.1, 0.15) is 18.6 Å². The van der Waals surface area contributed by atoms with Crippen LogP contribution in [0.4, 0.5) is 0 Å². The van der Waals surface area contributed by atoms with Gasteiger partial charge in [-0.1, -0.05) is 48.5 Å². The monoisotopic (exact) mass is 198 g/mol. The summed E-state index contributed by atoms with van der Waals surface area (Å²) in [5.74, 6) is 0.911. The van der Waals surface area contributed by atoms with E-state index in [9.17, 15) is 0 Å². The fourth-order valence-corrected chi connectivity index (χ4v) is 1.50. The zero-order valence-electron chi connectivity index (χ0n) is 8.76. The second kappa shape index (κ2) is 4.65. The minimum Gasteiger partial charge on any atom is -0.486 e. The summed E-state index contributed by atoms with van der Waals surface area (Å²) in [6.07, 6.45) is 0.0913. The molecule has 2 aromatic carbocycles. The van der Waals surface area contributed by atoms with Crippen LogP contribution in [0.25, 0.3) is 0 Å². The summed E-state index contributed by atoms with van der Waals surface area (Å²) >= 11 is 0. The van der Waals surface area contributed by atoms with E-state index in [1.165, 1.54) is 5.56 Å². The highest BCUT2D eigenvalue weighted by molar-refractivity contribution is 5.24. The molecule has 0 spiro atoms. The molecular weight excluding hydrogens is 184 g/mol. The van der Waals surface area contributed by atoms with Gasteiger partial charge in [0.15, 0.2) is 0 Å². The molecule has 1 atom stereocenters. The lowest BCUT2D eigenvalue weighted by molar-refractivity contribution is 0.227. The van der Waals surface area contributed by atoms with Crippen molar-refractivity contribution in [3.05, 3.63) is 66.2 Å². The van der Waals surface area contributed by atoms with Crippen LogP contribution in [0.15, 0.2) is 60.7 Å². The van der Waals surface area contributed by atoms with E-state index in [0.29, 0.717) is 0 Å². The van der Waals surface area contributed by atoms with E-state index in [1.54, 1.807) is 0 Å². The van der Waals surface area contributed by atoms with Crippen molar-refractivity contribution in [3.8, 4) is 5.75 Å². The average molecular weight is 198 g/mol. The zero-order valence-corrected chi connectivity index (χ0v) is 8.76. The van der Waals surface area contributed by atoms with Crippen LogP contribution in [-0.4, -0.2) is 0 Å². The molecule has 0 aliphatic carbocycles. The lowest BCUT2D eigenvalue weighted by Gasteiger charge is -2.14. The Morgan fingerprint density at radius 2 is 1.33 bits per heavy atom. The van der Waals surface area contributed by atoms with Gasteiger partial charge in [0.1, 0.15) is 11.9 Å². The zero-order chi connectivity index (χ0) is 10.5. The molecule has 0 aromatic heterocycles. The fourth-order valence-electron chi connectivity index (χ4n) is 1.50.